The predicted octanol–water partition coefficient (Wildman–Crippen LogP) is -0.217. The molecule has 0 aliphatic heterocycles. The lowest BCUT2D eigenvalue weighted by atomic mass is 10.1. The Morgan fingerprint density at radius 1 is 1.62 bits per heavy atom. The highest BCUT2D eigenvalue weighted by Crippen LogP contribution is 2.05. The summed E-state index contributed by atoms with van der Waals surface area (Å²) in [6.07, 6.45) is 0.779. The molecule has 6 heteroatoms. The van der Waals surface area contributed by atoms with Crippen LogP contribution < -0.4 is 5.73 Å². The second-order valence-corrected chi connectivity index (χ2v) is 4.87. The van der Waals surface area contributed by atoms with E-state index in [2.05, 4.69) is 10.8 Å². The van der Waals surface area contributed by atoms with E-state index in [0.717, 1.165) is 6.08 Å². The standard InChI is InChI=1S/C7H13NO4S/c1-4-6(9)12-13(10,11)5-7(2,3)8/h4H,1,5,8H2,2-3H3. The first-order chi connectivity index (χ1) is 5.66. The maximum absolute atomic E-state index is 11.0. The van der Waals surface area contributed by atoms with Crippen LogP contribution in [-0.2, 0) is 19.1 Å². The Bertz CT molecular complexity index is 299. The van der Waals surface area contributed by atoms with Crippen molar-refractivity contribution in [1.29, 1.82) is 0 Å². The summed E-state index contributed by atoms with van der Waals surface area (Å²) in [7, 11) is -3.90. The van der Waals surface area contributed by atoms with Gasteiger partial charge in [-0.15, -0.1) is 0 Å². The molecule has 0 aliphatic carbocycles. The van der Waals surface area contributed by atoms with Gasteiger partial charge in [0.1, 0.15) is 5.75 Å². The monoisotopic (exact) mass is 207 g/mol. The van der Waals surface area contributed by atoms with Gasteiger partial charge in [0, 0.05) is 11.6 Å². The van der Waals surface area contributed by atoms with Crippen LogP contribution in [-0.4, -0.2) is 25.7 Å². The highest BCUT2D eigenvalue weighted by Gasteiger charge is 2.24. The number of hydrogen-bond acceptors (Lipinski definition) is 5. The van der Waals surface area contributed by atoms with Crippen molar-refractivity contribution >= 4 is 16.1 Å². The van der Waals surface area contributed by atoms with Crippen LogP contribution in [0.5, 0.6) is 0 Å². The Kier molecular flexibility index (Phi) is 3.62. The number of carbonyl (C=O) groups excluding carboxylic acids is 1. The van der Waals surface area contributed by atoms with Gasteiger partial charge >= 0.3 is 16.1 Å². The van der Waals surface area contributed by atoms with Gasteiger partial charge in [-0.05, 0) is 13.8 Å². The van der Waals surface area contributed by atoms with E-state index in [9.17, 15) is 13.2 Å². The lowest BCUT2D eigenvalue weighted by Gasteiger charge is -2.16. The molecular weight excluding hydrogens is 194 g/mol. The third kappa shape index (κ3) is 6.30. The van der Waals surface area contributed by atoms with Gasteiger partial charge in [-0.3, -0.25) is 0 Å². The van der Waals surface area contributed by atoms with Crippen molar-refractivity contribution in [2.24, 2.45) is 5.73 Å². The number of carbonyl (C=O) groups is 1. The van der Waals surface area contributed by atoms with E-state index in [4.69, 9.17) is 5.73 Å². The summed E-state index contributed by atoms with van der Waals surface area (Å²) in [6.45, 7) is 6.11. The van der Waals surface area contributed by atoms with Gasteiger partial charge < -0.3 is 9.92 Å². The smallest absolute Gasteiger partial charge is 0.342 e. The fourth-order valence-corrected chi connectivity index (χ4v) is 1.93. The van der Waals surface area contributed by atoms with Crippen LogP contribution in [0.25, 0.3) is 0 Å². The minimum atomic E-state index is -3.90. The quantitative estimate of drug-likeness (QED) is 0.509. The van der Waals surface area contributed by atoms with E-state index >= 15 is 0 Å². The second kappa shape index (κ2) is 3.89. The Morgan fingerprint density at radius 2 is 2.08 bits per heavy atom. The van der Waals surface area contributed by atoms with Crippen molar-refractivity contribution in [3.05, 3.63) is 12.7 Å². The number of rotatable bonds is 4. The molecule has 0 saturated carbocycles. The molecule has 0 radical (unpaired) electrons. The zero-order chi connectivity index (χ0) is 10.7. The van der Waals surface area contributed by atoms with Crippen molar-refractivity contribution < 1.29 is 17.4 Å². The van der Waals surface area contributed by atoms with Crippen LogP contribution in [0.15, 0.2) is 12.7 Å². The van der Waals surface area contributed by atoms with Crippen molar-refractivity contribution in [2.45, 2.75) is 19.4 Å². The molecule has 0 spiro atoms. The molecule has 0 amide bonds. The second-order valence-electron chi connectivity index (χ2n) is 3.30. The molecule has 0 bridgehead atoms. The average molecular weight is 207 g/mol. The lowest BCUT2D eigenvalue weighted by molar-refractivity contribution is -0.128. The van der Waals surface area contributed by atoms with Crippen LogP contribution in [0.3, 0.4) is 0 Å². The third-order valence-corrected chi connectivity index (χ3v) is 2.44. The van der Waals surface area contributed by atoms with E-state index in [1.54, 1.807) is 0 Å². The summed E-state index contributed by atoms with van der Waals surface area (Å²) >= 11 is 0. The SMILES string of the molecule is C=CC(=O)OS(=O)(=O)CC(C)(C)N. The first-order valence-electron chi connectivity index (χ1n) is 3.54. The van der Waals surface area contributed by atoms with Gasteiger partial charge in [-0.2, -0.15) is 8.42 Å². The maximum Gasteiger partial charge on any atom is 0.345 e. The third-order valence-electron chi connectivity index (χ3n) is 0.925. The fraction of sp³-hybridized carbons (Fsp3) is 0.571. The summed E-state index contributed by atoms with van der Waals surface area (Å²) in [5.74, 6) is -1.41. The lowest BCUT2D eigenvalue weighted by Crippen LogP contribution is -2.40. The van der Waals surface area contributed by atoms with Crippen molar-refractivity contribution in [3.8, 4) is 0 Å². The Balaban J connectivity index is 4.44. The van der Waals surface area contributed by atoms with Gasteiger partial charge in [-0.1, -0.05) is 6.58 Å². The Labute approximate surface area is 77.7 Å². The summed E-state index contributed by atoms with van der Waals surface area (Å²) in [5.41, 5.74) is 4.51. The Morgan fingerprint density at radius 3 is 2.38 bits per heavy atom. The van der Waals surface area contributed by atoms with Gasteiger partial charge in [0.2, 0.25) is 0 Å². The molecule has 0 fully saturated rings. The zero-order valence-electron chi connectivity index (χ0n) is 7.61. The molecule has 0 rings (SSSR count). The molecule has 0 aromatic carbocycles. The maximum atomic E-state index is 11.0. The van der Waals surface area contributed by atoms with Crippen LogP contribution in [0.4, 0.5) is 0 Å². The van der Waals surface area contributed by atoms with Gasteiger partial charge in [-0.25, -0.2) is 4.79 Å². The molecule has 0 aromatic heterocycles. The van der Waals surface area contributed by atoms with Crippen molar-refractivity contribution in [1.82, 2.24) is 0 Å². The molecular formula is C7H13NO4S. The molecule has 2 N–H and O–H groups in total. The molecule has 0 saturated heterocycles. The largest absolute Gasteiger partial charge is 0.345 e. The number of nitrogens with two attached hydrogens (primary N) is 1. The first kappa shape index (κ1) is 12.1. The van der Waals surface area contributed by atoms with E-state index in [0.29, 0.717) is 0 Å². The molecule has 13 heavy (non-hydrogen) atoms. The van der Waals surface area contributed by atoms with E-state index in [1.807, 2.05) is 0 Å². The van der Waals surface area contributed by atoms with Crippen molar-refractivity contribution in [3.63, 3.8) is 0 Å². The molecule has 0 aromatic rings. The highest BCUT2D eigenvalue weighted by molar-refractivity contribution is 7.87. The van der Waals surface area contributed by atoms with Crippen LogP contribution in [0, 0.1) is 0 Å². The van der Waals surface area contributed by atoms with Crippen LogP contribution in [0.1, 0.15) is 13.8 Å². The minimum absolute atomic E-state index is 0.417. The summed E-state index contributed by atoms with van der Waals surface area (Å²) < 4.78 is 26.2. The topological polar surface area (TPSA) is 86.5 Å². The number of hydrogen-bond donors (Lipinski definition) is 1. The molecule has 76 valence electrons. The predicted molar refractivity (Wildman–Crippen MR) is 48.3 cm³/mol. The molecule has 0 unspecified atom stereocenters. The summed E-state index contributed by atoms with van der Waals surface area (Å²) in [4.78, 5) is 10.6. The molecule has 5 nitrogen and oxygen atoms in total. The Hall–Kier alpha value is -0.880. The van der Waals surface area contributed by atoms with E-state index < -0.39 is 27.4 Å². The average Bonchev–Trinajstić information content (AvgIpc) is 1.80. The molecule has 0 heterocycles. The van der Waals surface area contributed by atoms with Gasteiger partial charge in [0.25, 0.3) is 0 Å². The van der Waals surface area contributed by atoms with E-state index in [1.165, 1.54) is 13.8 Å². The van der Waals surface area contributed by atoms with E-state index in [-0.39, 0.29) is 0 Å². The highest BCUT2D eigenvalue weighted by atomic mass is 32.2. The van der Waals surface area contributed by atoms with Crippen LogP contribution >= 0.6 is 0 Å². The molecule has 0 aliphatic rings. The van der Waals surface area contributed by atoms with Crippen LogP contribution in [0.2, 0.25) is 0 Å². The van der Waals surface area contributed by atoms with Gasteiger partial charge in [0.15, 0.2) is 0 Å². The first-order valence-corrected chi connectivity index (χ1v) is 5.11. The van der Waals surface area contributed by atoms with Gasteiger partial charge in [0.05, 0.1) is 0 Å². The molecule has 0 atom stereocenters. The summed E-state index contributed by atoms with van der Waals surface area (Å²) in [5, 5.41) is 0. The normalized spacial score (nSPS) is 12.2. The fourth-order valence-electron chi connectivity index (χ4n) is 0.644. The van der Waals surface area contributed by atoms with Crippen molar-refractivity contribution in [2.75, 3.05) is 5.75 Å². The summed E-state index contributed by atoms with van der Waals surface area (Å²) in [6, 6.07) is 0. The minimum Gasteiger partial charge on any atom is -0.342 e. The zero-order valence-corrected chi connectivity index (χ0v) is 8.43.